The molecule has 1 unspecified atom stereocenters. The zero-order valence-electron chi connectivity index (χ0n) is 10.4. The maximum atomic E-state index is 12.0. The molecule has 1 N–H and O–H groups in total. The van der Waals surface area contributed by atoms with E-state index < -0.39 is 24.0 Å². The molecule has 0 radical (unpaired) electrons. The van der Waals surface area contributed by atoms with Crippen molar-refractivity contribution in [3.8, 4) is 0 Å². The number of azo groups is 1. The lowest BCUT2D eigenvalue weighted by atomic mass is 10.1. The summed E-state index contributed by atoms with van der Waals surface area (Å²) in [6, 6.07) is -1.29. The molecule has 0 amide bonds. The normalized spacial score (nSPS) is 19.3. The molecule has 0 aromatic carbocycles. The van der Waals surface area contributed by atoms with E-state index in [4.69, 9.17) is 0 Å². The van der Waals surface area contributed by atoms with Crippen molar-refractivity contribution in [3.05, 3.63) is 24.6 Å². The maximum Gasteiger partial charge on any atom is 0.454 e. The molecule has 2 atom stereocenters. The number of ether oxygens (including phenoxy) is 1. The van der Waals surface area contributed by atoms with Gasteiger partial charge >= 0.3 is 12.1 Å². The first-order valence-corrected chi connectivity index (χ1v) is 5.53. The maximum absolute atomic E-state index is 12.0. The molecule has 0 aliphatic carbocycles. The molecule has 0 saturated carbocycles. The lowest BCUT2D eigenvalue weighted by molar-refractivity contribution is -0.165. The predicted molar refractivity (Wildman–Crippen MR) is 61.5 cm³/mol. The molecule has 110 valence electrons. The van der Waals surface area contributed by atoms with Gasteiger partial charge < -0.3 is 10.1 Å². The van der Waals surface area contributed by atoms with Crippen molar-refractivity contribution in [2.45, 2.75) is 24.7 Å². The summed E-state index contributed by atoms with van der Waals surface area (Å²) in [5.74, 6) is -2.70. The van der Waals surface area contributed by atoms with Crippen molar-refractivity contribution in [2.75, 3.05) is 7.11 Å². The Morgan fingerprint density at radius 3 is 2.70 bits per heavy atom. The van der Waals surface area contributed by atoms with E-state index in [2.05, 4.69) is 20.3 Å². The fourth-order valence-electron chi connectivity index (χ4n) is 1.38. The minimum absolute atomic E-state index is 0.150. The Kier molecular flexibility index (Phi) is 5.42. The average molecular weight is 291 g/mol. The summed E-state index contributed by atoms with van der Waals surface area (Å²) in [7, 11) is 1.15. The van der Waals surface area contributed by atoms with Gasteiger partial charge in [-0.1, -0.05) is 0 Å². The van der Waals surface area contributed by atoms with Crippen LogP contribution in [0.4, 0.5) is 13.2 Å². The number of ketones is 1. The van der Waals surface area contributed by atoms with E-state index >= 15 is 0 Å². The Balaban J connectivity index is 2.59. The number of carbonyl (C=O) groups excluding carboxylic acids is 2. The minimum atomic E-state index is -4.94. The second-order valence-corrected chi connectivity index (χ2v) is 3.81. The lowest BCUT2D eigenvalue weighted by Gasteiger charge is -2.16. The Morgan fingerprint density at radius 1 is 1.50 bits per heavy atom. The molecule has 6 nitrogen and oxygen atoms in total. The third-order valence-electron chi connectivity index (χ3n) is 2.36. The van der Waals surface area contributed by atoms with Crippen molar-refractivity contribution in [1.82, 2.24) is 5.32 Å². The number of halogens is 3. The largest absolute Gasteiger partial charge is 0.467 e. The van der Waals surface area contributed by atoms with Gasteiger partial charge in [-0.3, -0.25) is 4.79 Å². The molecule has 1 aliphatic heterocycles. The van der Waals surface area contributed by atoms with E-state index in [-0.39, 0.29) is 12.5 Å². The van der Waals surface area contributed by atoms with Gasteiger partial charge in [0.15, 0.2) is 0 Å². The van der Waals surface area contributed by atoms with Gasteiger partial charge in [0.2, 0.25) is 0 Å². The number of nitrogens with one attached hydrogen (secondary N) is 1. The lowest BCUT2D eigenvalue weighted by Crippen LogP contribution is -2.37. The van der Waals surface area contributed by atoms with Crippen LogP contribution in [0.5, 0.6) is 0 Å². The first-order chi connectivity index (χ1) is 9.34. The van der Waals surface area contributed by atoms with Crippen LogP contribution in [0, 0.1) is 0 Å². The molecule has 0 bridgehead atoms. The molecule has 0 fully saturated rings. The van der Waals surface area contributed by atoms with E-state index in [1.807, 2.05) is 0 Å². The molecule has 1 aliphatic rings. The second kappa shape index (κ2) is 6.83. The highest BCUT2D eigenvalue weighted by atomic mass is 19.4. The van der Waals surface area contributed by atoms with Crippen molar-refractivity contribution in [3.63, 3.8) is 0 Å². The van der Waals surface area contributed by atoms with Gasteiger partial charge in [0.05, 0.1) is 13.2 Å². The Labute approximate surface area is 112 Å². The quantitative estimate of drug-likeness (QED) is 0.594. The molecule has 0 saturated heterocycles. The summed E-state index contributed by atoms with van der Waals surface area (Å²) < 4.78 is 40.4. The summed E-state index contributed by atoms with van der Waals surface area (Å²) in [6.45, 7) is 0. The van der Waals surface area contributed by atoms with Crippen LogP contribution in [0.3, 0.4) is 0 Å². The first kappa shape index (κ1) is 15.9. The monoisotopic (exact) mass is 291 g/mol. The predicted octanol–water partition coefficient (Wildman–Crippen LogP) is 1.50. The van der Waals surface area contributed by atoms with Crippen molar-refractivity contribution in [1.29, 1.82) is 0 Å². The van der Waals surface area contributed by atoms with Crippen LogP contribution in [0.1, 0.15) is 6.42 Å². The van der Waals surface area contributed by atoms with Crippen LogP contribution >= 0.6 is 0 Å². The third kappa shape index (κ3) is 4.82. The number of esters is 1. The molecule has 1 rings (SSSR count). The Morgan fingerprint density at radius 2 is 2.20 bits per heavy atom. The van der Waals surface area contributed by atoms with Crippen LogP contribution in [-0.4, -0.2) is 37.1 Å². The summed E-state index contributed by atoms with van der Waals surface area (Å²) >= 11 is 0. The molecule has 0 aromatic rings. The Bertz CT molecular complexity index is 446. The standard InChI is InChI=1S/C11H12F3N3O3/c1-20-10(19)8(6-7-2-5-16-17-7)15-4-3-9(18)11(12,13)14/h2-5,7-8,15H,6H2,1H3/b4-3+/t7?,8-/m0/s1. The summed E-state index contributed by atoms with van der Waals surface area (Å²) in [6.07, 6.45) is -0.641. The van der Waals surface area contributed by atoms with Gasteiger partial charge in [0.25, 0.3) is 5.78 Å². The topological polar surface area (TPSA) is 80.1 Å². The highest BCUT2D eigenvalue weighted by molar-refractivity contribution is 5.94. The molecular weight excluding hydrogens is 279 g/mol. The van der Waals surface area contributed by atoms with Crippen LogP contribution in [0.2, 0.25) is 0 Å². The fourth-order valence-corrected chi connectivity index (χ4v) is 1.38. The number of alkyl halides is 3. The number of rotatable bonds is 6. The molecule has 20 heavy (non-hydrogen) atoms. The van der Waals surface area contributed by atoms with Crippen LogP contribution in [-0.2, 0) is 14.3 Å². The van der Waals surface area contributed by atoms with Crippen LogP contribution in [0.15, 0.2) is 34.8 Å². The Hall–Kier alpha value is -2.19. The molecule has 0 aromatic heterocycles. The SMILES string of the molecule is COC(=O)[C@H](CC1C=CN=N1)N/C=C/C(=O)C(F)(F)F. The van der Waals surface area contributed by atoms with Crippen LogP contribution < -0.4 is 5.32 Å². The first-order valence-electron chi connectivity index (χ1n) is 5.53. The van der Waals surface area contributed by atoms with E-state index in [1.54, 1.807) is 6.08 Å². The van der Waals surface area contributed by atoms with Gasteiger partial charge in [0.1, 0.15) is 6.04 Å². The minimum Gasteiger partial charge on any atom is -0.467 e. The van der Waals surface area contributed by atoms with Crippen molar-refractivity contribution in [2.24, 2.45) is 10.2 Å². The van der Waals surface area contributed by atoms with E-state index in [1.165, 1.54) is 6.20 Å². The average Bonchev–Trinajstić information content (AvgIpc) is 2.88. The van der Waals surface area contributed by atoms with Gasteiger partial charge in [-0.15, -0.1) is 0 Å². The molecular formula is C11H12F3N3O3. The van der Waals surface area contributed by atoms with Crippen molar-refractivity contribution >= 4 is 11.8 Å². The zero-order valence-corrected chi connectivity index (χ0v) is 10.4. The summed E-state index contributed by atoms with van der Waals surface area (Å²) in [5, 5.41) is 9.75. The highest BCUT2D eigenvalue weighted by Gasteiger charge is 2.36. The van der Waals surface area contributed by atoms with Gasteiger partial charge in [-0.25, -0.2) is 4.79 Å². The van der Waals surface area contributed by atoms with Gasteiger partial charge in [-0.2, -0.15) is 23.4 Å². The number of carbonyl (C=O) groups is 2. The number of methoxy groups -OCH3 is 1. The van der Waals surface area contributed by atoms with Gasteiger partial charge in [-0.05, 0) is 6.08 Å². The van der Waals surface area contributed by atoms with E-state index in [0.29, 0.717) is 6.08 Å². The van der Waals surface area contributed by atoms with E-state index in [0.717, 1.165) is 13.3 Å². The smallest absolute Gasteiger partial charge is 0.454 e. The third-order valence-corrected chi connectivity index (χ3v) is 2.36. The zero-order chi connectivity index (χ0) is 15.2. The van der Waals surface area contributed by atoms with E-state index in [9.17, 15) is 22.8 Å². The fraction of sp³-hybridized carbons (Fsp3) is 0.455. The summed E-state index contributed by atoms with van der Waals surface area (Å²) in [5.41, 5.74) is 0. The summed E-state index contributed by atoms with van der Waals surface area (Å²) in [4.78, 5) is 22.1. The second-order valence-electron chi connectivity index (χ2n) is 3.81. The molecule has 1 heterocycles. The highest BCUT2D eigenvalue weighted by Crippen LogP contribution is 2.16. The number of allylic oxidation sites excluding steroid dienone is 1. The molecule has 0 spiro atoms. The number of nitrogens with zero attached hydrogens (tertiary/aromatic N) is 2. The van der Waals surface area contributed by atoms with Crippen LogP contribution in [0.25, 0.3) is 0 Å². The number of hydrogen-bond acceptors (Lipinski definition) is 6. The number of hydrogen-bond donors (Lipinski definition) is 1. The molecule has 9 heteroatoms. The van der Waals surface area contributed by atoms with Gasteiger partial charge in [0, 0.05) is 24.9 Å². The van der Waals surface area contributed by atoms with Crippen molar-refractivity contribution < 1.29 is 27.5 Å².